The summed E-state index contributed by atoms with van der Waals surface area (Å²) < 4.78 is 0. The van der Waals surface area contributed by atoms with E-state index in [0.29, 0.717) is 0 Å². The molecule has 1 nitrogen and oxygen atoms in total. The Morgan fingerprint density at radius 1 is 1.21 bits per heavy atom. The van der Waals surface area contributed by atoms with Crippen molar-refractivity contribution in [1.82, 2.24) is 0 Å². The molecule has 2 heteroatoms. The maximum atomic E-state index is 9.41. The molecule has 0 unspecified atom stereocenters. The first-order valence-electron chi connectivity index (χ1n) is 6.49. The average Bonchev–Trinajstić information content (AvgIpc) is 2.37. The molecule has 0 atom stereocenters. The van der Waals surface area contributed by atoms with Gasteiger partial charge < -0.3 is 5.11 Å². The summed E-state index contributed by atoms with van der Waals surface area (Å²) in [6.45, 7) is 8.59. The lowest BCUT2D eigenvalue weighted by atomic mass is 10.1. The van der Waals surface area contributed by atoms with E-state index in [9.17, 15) is 5.11 Å². The van der Waals surface area contributed by atoms with Crippen LogP contribution in [0.5, 0.6) is 0 Å². The summed E-state index contributed by atoms with van der Waals surface area (Å²) in [5.74, 6) is 3.14. The monoisotopic (exact) mass is 270 g/mol. The van der Waals surface area contributed by atoms with E-state index in [-0.39, 0.29) is 6.61 Å². The van der Waals surface area contributed by atoms with Crippen LogP contribution >= 0.6 is 0 Å². The van der Waals surface area contributed by atoms with Gasteiger partial charge in [-0.3, -0.25) is 0 Å². The van der Waals surface area contributed by atoms with Gasteiger partial charge >= 0.3 is 0 Å². The Hall–Kier alpha value is -1.56. The summed E-state index contributed by atoms with van der Waals surface area (Å²) in [5, 5.41) is 9.41. The molecule has 0 aromatic heterocycles. The summed E-state index contributed by atoms with van der Waals surface area (Å²) in [5.41, 5.74) is 6.28. The minimum absolute atomic E-state index is 0.00242. The molecule has 100 valence electrons. The average molecular weight is 270 g/mol. The second kappa shape index (κ2) is 7.13. The minimum Gasteiger partial charge on any atom is -0.391 e. The molecule has 0 saturated carbocycles. The molecule has 0 heterocycles. The van der Waals surface area contributed by atoms with Crippen molar-refractivity contribution < 1.29 is 5.11 Å². The second-order valence-electron chi connectivity index (χ2n) is 5.56. The Morgan fingerprint density at radius 3 is 2.37 bits per heavy atom. The minimum atomic E-state index is -1.40. The third-order valence-corrected chi connectivity index (χ3v) is 3.42. The first kappa shape index (κ1) is 15.5. The maximum absolute atomic E-state index is 9.41. The number of benzene rings is 1. The Morgan fingerprint density at radius 2 is 1.84 bits per heavy atom. The zero-order chi connectivity index (χ0) is 14.3. The SMILES string of the molecule is CC(/C=C/c1ccccc1)=C(\C#C[Si](C)(C)C)CO. The molecule has 1 aromatic carbocycles. The van der Waals surface area contributed by atoms with Crippen LogP contribution in [0.1, 0.15) is 12.5 Å². The summed E-state index contributed by atoms with van der Waals surface area (Å²) in [6.07, 6.45) is 4.06. The summed E-state index contributed by atoms with van der Waals surface area (Å²) in [7, 11) is -1.40. The zero-order valence-electron chi connectivity index (χ0n) is 12.2. The molecule has 1 N–H and O–H groups in total. The highest BCUT2D eigenvalue weighted by Gasteiger charge is 2.07. The van der Waals surface area contributed by atoms with E-state index in [0.717, 1.165) is 16.7 Å². The predicted octanol–water partition coefficient (Wildman–Crippen LogP) is 3.89. The highest BCUT2D eigenvalue weighted by Crippen LogP contribution is 2.09. The van der Waals surface area contributed by atoms with Gasteiger partial charge in [0.15, 0.2) is 0 Å². The van der Waals surface area contributed by atoms with Gasteiger partial charge in [-0.25, -0.2) is 0 Å². The molecule has 0 aliphatic heterocycles. The number of aliphatic hydroxyl groups is 1. The van der Waals surface area contributed by atoms with Gasteiger partial charge in [0, 0.05) is 5.57 Å². The standard InChI is InChI=1S/C17H22OSi/c1-15(10-11-16-8-6-5-7-9-16)17(14-18)12-13-19(2,3)4/h5-11,18H,14H2,1-4H3/b11-10+,17-15-. The van der Waals surface area contributed by atoms with Crippen LogP contribution in [0.15, 0.2) is 47.6 Å². The van der Waals surface area contributed by atoms with Crippen LogP contribution in [0.2, 0.25) is 19.6 Å². The fraction of sp³-hybridized carbons (Fsp3) is 0.294. The molecule has 0 bridgehead atoms. The van der Waals surface area contributed by atoms with Crippen molar-refractivity contribution in [3.05, 3.63) is 53.1 Å². The Labute approximate surface area is 117 Å². The van der Waals surface area contributed by atoms with Crippen molar-refractivity contribution in [2.75, 3.05) is 6.61 Å². The molecule has 0 amide bonds. The molecule has 0 radical (unpaired) electrons. The summed E-state index contributed by atoms with van der Waals surface area (Å²) in [4.78, 5) is 0. The van der Waals surface area contributed by atoms with Crippen molar-refractivity contribution in [1.29, 1.82) is 0 Å². The molecular formula is C17H22OSi. The van der Waals surface area contributed by atoms with E-state index in [1.165, 1.54) is 0 Å². The van der Waals surface area contributed by atoms with Crippen LogP contribution in [-0.2, 0) is 0 Å². The molecule has 0 aliphatic rings. The van der Waals surface area contributed by atoms with Crippen molar-refractivity contribution in [3.8, 4) is 11.5 Å². The Balaban J connectivity index is 2.93. The number of hydrogen-bond acceptors (Lipinski definition) is 1. The maximum Gasteiger partial charge on any atom is 0.129 e. The predicted molar refractivity (Wildman–Crippen MR) is 86.4 cm³/mol. The molecular weight excluding hydrogens is 248 g/mol. The zero-order valence-corrected chi connectivity index (χ0v) is 13.2. The van der Waals surface area contributed by atoms with Gasteiger partial charge in [-0.15, -0.1) is 5.54 Å². The van der Waals surface area contributed by atoms with Crippen molar-refractivity contribution in [2.45, 2.75) is 26.6 Å². The van der Waals surface area contributed by atoms with Gasteiger partial charge in [-0.05, 0) is 18.1 Å². The fourth-order valence-electron chi connectivity index (χ4n) is 1.41. The smallest absolute Gasteiger partial charge is 0.129 e. The van der Waals surface area contributed by atoms with Gasteiger partial charge in [0.2, 0.25) is 0 Å². The van der Waals surface area contributed by atoms with E-state index in [1.54, 1.807) is 0 Å². The lowest BCUT2D eigenvalue weighted by molar-refractivity contribution is 0.335. The van der Waals surface area contributed by atoms with E-state index in [1.807, 2.05) is 37.3 Å². The van der Waals surface area contributed by atoms with Crippen LogP contribution in [0.3, 0.4) is 0 Å². The van der Waals surface area contributed by atoms with Crippen LogP contribution in [0.4, 0.5) is 0 Å². The summed E-state index contributed by atoms with van der Waals surface area (Å²) >= 11 is 0. The van der Waals surface area contributed by atoms with Crippen LogP contribution in [-0.4, -0.2) is 19.8 Å². The third-order valence-electron chi connectivity index (χ3n) is 2.55. The second-order valence-corrected chi connectivity index (χ2v) is 10.3. The Kier molecular flexibility index (Phi) is 5.82. The highest BCUT2D eigenvalue weighted by atomic mass is 28.3. The first-order valence-corrected chi connectivity index (χ1v) is 9.99. The van der Waals surface area contributed by atoms with E-state index in [4.69, 9.17) is 0 Å². The molecule has 19 heavy (non-hydrogen) atoms. The third kappa shape index (κ3) is 6.24. The van der Waals surface area contributed by atoms with Crippen molar-refractivity contribution in [3.63, 3.8) is 0 Å². The van der Waals surface area contributed by atoms with Crippen LogP contribution in [0, 0.1) is 11.5 Å². The highest BCUT2D eigenvalue weighted by molar-refractivity contribution is 6.83. The number of hydrogen-bond donors (Lipinski definition) is 1. The normalized spacial score (nSPS) is 12.9. The van der Waals surface area contributed by atoms with Crippen LogP contribution in [0.25, 0.3) is 6.08 Å². The van der Waals surface area contributed by atoms with Crippen molar-refractivity contribution >= 4 is 14.1 Å². The quantitative estimate of drug-likeness (QED) is 0.502. The van der Waals surface area contributed by atoms with Crippen LogP contribution < -0.4 is 0 Å². The largest absolute Gasteiger partial charge is 0.391 e. The number of allylic oxidation sites excluding steroid dienone is 2. The van der Waals surface area contributed by atoms with Crippen molar-refractivity contribution in [2.24, 2.45) is 0 Å². The first-order chi connectivity index (χ1) is 8.92. The molecule has 1 rings (SSSR count). The fourth-order valence-corrected chi connectivity index (χ4v) is 1.94. The summed E-state index contributed by atoms with van der Waals surface area (Å²) in [6, 6.07) is 10.1. The van der Waals surface area contributed by atoms with Gasteiger partial charge in [0.05, 0.1) is 6.61 Å². The lowest BCUT2D eigenvalue weighted by Crippen LogP contribution is -2.16. The van der Waals surface area contributed by atoms with Gasteiger partial charge in [0.25, 0.3) is 0 Å². The Bertz CT molecular complexity index is 522. The van der Waals surface area contributed by atoms with Gasteiger partial charge in [-0.1, -0.05) is 68.0 Å². The molecule has 1 aromatic rings. The number of rotatable bonds is 3. The molecule has 0 spiro atoms. The van der Waals surface area contributed by atoms with Gasteiger partial charge in [0.1, 0.15) is 8.07 Å². The van der Waals surface area contributed by atoms with E-state index in [2.05, 4.69) is 43.2 Å². The lowest BCUT2D eigenvalue weighted by Gasteiger charge is -2.05. The van der Waals surface area contributed by atoms with E-state index >= 15 is 0 Å². The molecule has 0 saturated heterocycles. The molecule has 0 aliphatic carbocycles. The van der Waals surface area contributed by atoms with Gasteiger partial charge in [-0.2, -0.15) is 0 Å². The topological polar surface area (TPSA) is 20.2 Å². The van der Waals surface area contributed by atoms with E-state index < -0.39 is 8.07 Å². The number of aliphatic hydroxyl groups excluding tert-OH is 1. The molecule has 0 fully saturated rings.